The topological polar surface area (TPSA) is 0 Å². The summed E-state index contributed by atoms with van der Waals surface area (Å²) >= 11 is 0. The molecule has 0 aliphatic carbocycles. The van der Waals surface area contributed by atoms with E-state index in [0.29, 0.717) is 0 Å². The Bertz CT molecular complexity index is 798. The smallest absolute Gasteiger partial charge is 0.00705 e. The third-order valence-corrected chi connectivity index (χ3v) is 4.90. The Morgan fingerprint density at radius 3 is 1.92 bits per heavy atom. The summed E-state index contributed by atoms with van der Waals surface area (Å²) in [5.41, 5.74) is 9.75. The summed E-state index contributed by atoms with van der Waals surface area (Å²) in [4.78, 5) is 0. The second kappa shape index (κ2) is 7.49. The van der Waals surface area contributed by atoms with Gasteiger partial charge >= 0.3 is 0 Å². The monoisotopic (exact) mass is 314 g/mol. The first kappa shape index (κ1) is 16.5. The van der Waals surface area contributed by atoms with E-state index in [1.807, 2.05) is 0 Å². The van der Waals surface area contributed by atoms with Gasteiger partial charge in [-0.1, -0.05) is 80.1 Å². The van der Waals surface area contributed by atoms with E-state index < -0.39 is 0 Å². The van der Waals surface area contributed by atoms with Crippen molar-refractivity contribution in [2.24, 2.45) is 0 Å². The third-order valence-electron chi connectivity index (χ3n) is 4.90. The Hall–Kier alpha value is -2.34. The first-order chi connectivity index (χ1) is 11.7. The average Bonchev–Trinajstić information content (AvgIpc) is 2.64. The van der Waals surface area contributed by atoms with E-state index in [4.69, 9.17) is 0 Å². The first-order valence-corrected chi connectivity index (χ1v) is 8.96. The number of hydrogen-bond acceptors (Lipinski definition) is 0. The molecule has 3 rings (SSSR count). The van der Waals surface area contributed by atoms with E-state index in [0.717, 1.165) is 6.42 Å². The Balaban J connectivity index is 2.30. The van der Waals surface area contributed by atoms with Crippen molar-refractivity contribution >= 4 is 0 Å². The number of aryl methyl sites for hydroxylation is 1. The molecular formula is C24H26. The molecule has 3 aromatic carbocycles. The van der Waals surface area contributed by atoms with Gasteiger partial charge in [-0.2, -0.15) is 0 Å². The van der Waals surface area contributed by atoms with Crippen molar-refractivity contribution in [3.8, 4) is 22.3 Å². The van der Waals surface area contributed by atoms with Crippen LogP contribution in [0.25, 0.3) is 22.3 Å². The van der Waals surface area contributed by atoms with Crippen LogP contribution in [0.2, 0.25) is 0 Å². The van der Waals surface area contributed by atoms with Crippen molar-refractivity contribution in [2.75, 3.05) is 0 Å². The quantitative estimate of drug-likeness (QED) is 0.476. The molecule has 0 saturated carbocycles. The molecule has 0 aliphatic rings. The number of hydrogen-bond donors (Lipinski definition) is 0. The van der Waals surface area contributed by atoms with Crippen LogP contribution < -0.4 is 0 Å². The molecule has 0 aromatic heterocycles. The van der Waals surface area contributed by atoms with Crippen LogP contribution in [0.4, 0.5) is 0 Å². The number of unbranched alkanes of at least 4 members (excludes halogenated alkanes) is 1. The Labute approximate surface area is 146 Å². The Kier molecular flexibility index (Phi) is 5.15. The maximum absolute atomic E-state index is 2.36. The molecule has 122 valence electrons. The van der Waals surface area contributed by atoms with Crippen molar-refractivity contribution in [2.45, 2.75) is 40.0 Å². The molecule has 0 fully saturated rings. The molecule has 0 unspecified atom stereocenters. The zero-order valence-corrected chi connectivity index (χ0v) is 15.0. The fourth-order valence-corrected chi connectivity index (χ4v) is 3.43. The maximum atomic E-state index is 2.36. The van der Waals surface area contributed by atoms with Crippen molar-refractivity contribution < 1.29 is 0 Å². The molecule has 0 atom stereocenters. The standard InChI is InChI=1S/C24H26/c1-4-5-16-22-19(3)18(2)17-23(20-12-8-6-9-13-20)24(22)21-14-10-7-11-15-21/h6-15,17H,4-5,16H2,1-3H3. The van der Waals surface area contributed by atoms with Crippen LogP contribution in [-0.2, 0) is 6.42 Å². The van der Waals surface area contributed by atoms with Gasteiger partial charge in [-0.15, -0.1) is 0 Å². The van der Waals surface area contributed by atoms with E-state index in [1.54, 1.807) is 0 Å². The lowest BCUT2D eigenvalue weighted by atomic mass is 9.84. The van der Waals surface area contributed by atoms with Crippen LogP contribution in [0.1, 0.15) is 36.5 Å². The zero-order valence-electron chi connectivity index (χ0n) is 15.0. The lowest BCUT2D eigenvalue weighted by Gasteiger charge is -2.20. The van der Waals surface area contributed by atoms with E-state index in [-0.39, 0.29) is 0 Å². The van der Waals surface area contributed by atoms with Gasteiger partial charge in [0, 0.05) is 0 Å². The second-order valence-electron chi connectivity index (χ2n) is 6.56. The van der Waals surface area contributed by atoms with Crippen LogP contribution in [-0.4, -0.2) is 0 Å². The molecular weight excluding hydrogens is 288 g/mol. The van der Waals surface area contributed by atoms with Crippen molar-refractivity contribution in [3.63, 3.8) is 0 Å². The van der Waals surface area contributed by atoms with Gasteiger partial charge in [-0.05, 0) is 65.6 Å². The van der Waals surface area contributed by atoms with E-state index in [9.17, 15) is 0 Å². The normalized spacial score (nSPS) is 10.8. The van der Waals surface area contributed by atoms with Gasteiger partial charge in [0.1, 0.15) is 0 Å². The molecule has 0 amide bonds. The molecule has 0 N–H and O–H groups in total. The molecule has 0 heteroatoms. The van der Waals surface area contributed by atoms with Crippen molar-refractivity contribution in [1.29, 1.82) is 0 Å². The van der Waals surface area contributed by atoms with Gasteiger partial charge in [0.25, 0.3) is 0 Å². The van der Waals surface area contributed by atoms with Gasteiger partial charge in [-0.3, -0.25) is 0 Å². The second-order valence-corrected chi connectivity index (χ2v) is 6.56. The minimum absolute atomic E-state index is 1.15. The predicted octanol–water partition coefficient (Wildman–Crippen LogP) is 6.98. The number of benzene rings is 3. The highest BCUT2D eigenvalue weighted by molar-refractivity contribution is 5.87. The minimum atomic E-state index is 1.15. The summed E-state index contributed by atoms with van der Waals surface area (Å²) in [6, 6.07) is 24.0. The van der Waals surface area contributed by atoms with Crippen molar-refractivity contribution in [3.05, 3.63) is 83.4 Å². The van der Waals surface area contributed by atoms with Gasteiger partial charge < -0.3 is 0 Å². The van der Waals surface area contributed by atoms with Crippen LogP contribution >= 0.6 is 0 Å². The molecule has 0 bridgehead atoms. The lowest BCUT2D eigenvalue weighted by molar-refractivity contribution is 0.791. The fourth-order valence-electron chi connectivity index (χ4n) is 3.43. The van der Waals surface area contributed by atoms with E-state index in [2.05, 4.69) is 87.5 Å². The summed E-state index contributed by atoms with van der Waals surface area (Å²) in [6.07, 6.45) is 3.61. The first-order valence-electron chi connectivity index (χ1n) is 8.96. The number of rotatable bonds is 5. The molecule has 0 spiro atoms. The predicted molar refractivity (Wildman–Crippen MR) is 105 cm³/mol. The van der Waals surface area contributed by atoms with Crippen LogP contribution in [0, 0.1) is 13.8 Å². The molecule has 0 aliphatic heterocycles. The summed E-state index contributed by atoms with van der Waals surface area (Å²) in [6.45, 7) is 6.79. The van der Waals surface area contributed by atoms with Gasteiger partial charge in [-0.25, -0.2) is 0 Å². The molecule has 24 heavy (non-hydrogen) atoms. The minimum Gasteiger partial charge on any atom is -0.0654 e. The SMILES string of the molecule is CCCCc1c(C)c(C)cc(-c2ccccc2)c1-c1ccccc1. The summed E-state index contributed by atoms with van der Waals surface area (Å²) in [7, 11) is 0. The fraction of sp³-hybridized carbons (Fsp3) is 0.250. The van der Waals surface area contributed by atoms with Gasteiger partial charge in [0.15, 0.2) is 0 Å². The third kappa shape index (κ3) is 3.28. The molecule has 0 saturated heterocycles. The highest BCUT2D eigenvalue weighted by Gasteiger charge is 2.16. The van der Waals surface area contributed by atoms with Crippen LogP contribution in [0.15, 0.2) is 66.7 Å². The lowest BCUT2D eigenvalue weighted by Crippen LogP contribution is -2.00. The summed E-state index contributed by atoms with van der Waals surface area (Å²) < 4.78 is 0. The molecule has 0 radical (unpaired) electrons. The largest absolute Gasteiger partial charge is 0.0654 e. The highest BCUT2D eigenvalue weighted by atomic mass is 14.2. The highest BCUT2D eigenvalue weighted by Crippen LogP contribution is 2.38. The van der Waals surface area contributed by atoms with Gasteiger partial charge in [0.05, 0.1) is 0 Å². The van der Waals surface area contributed by atoms with Gasteiger partial charge in [0.2, 0.25) is 0 Å². The maximum Gasteiger partial charge on any atom is -0.00705 e. The van der Waals surface area contributed by atoms with Crippen molar-refractivity contribution in [1.82, 2.24) is 0 Å². The summed E-state index contributed by atoms with van der Waals surface area (Å²) in [5, 5.41) is 0. The summed E-state index contributed by atoms with van der Waals surface area (Å²) in [5.74, 6) is 0. The van der Waals surface area contributed by atoms with E-state index in [1.165, 1.54) is 51.8 Å². The molecule has 0 nitrogen and oxygen atoms in total. The van der Waals surface area contributed by atoms with Crippen LogP contribution in [0.3, 0.4) is 0 Å². The zero-order chi connectivity index (χ0) is 16.9. The molecule has 0 heterocycles. The van der Waals surface area contributed by atoms with E-state index >= 15 is 0 Å². The Morgan fingerprint density at radius 2 is 1.33 bits per heavy atom. The van der Waals surface area contributed by atoms with Crippen LogP contribution in [0.5, 0.6) is 0 Å². The Morgan fingerprint density at radius 1 is 0.750 bits per heavy atom. The molecule has 3 aromatic rings. The average molecular weight is 314 g/mol.